The van der Waals surface area contributed by atoms with Gasteiger partial charge in [-0.05, 0) is 38.8 Å². The number of ether oxygens (including phenoxy) is 1. The molecule has 0 bridgehead atoms. The molecule has 4 heteroatoms. The summed E-state index contributed by atoms with van der Waals surface area (Å²) in [6.07, 6.45) is 3.94. The number of carbonyl (C=O) groups excluding carboxylic acids is 1. The van der Waals surface area contributed by atoms with Gasteiger partial charge in [0, 0.05) is 18.0 Å². The van der Waals surface area contributed by atoms with Crippen molar-refractivity contribution >= 4 is 6.09 Å². The topological polar surface area (TPSA) is 51.2 Å². The van der Waals surface area contributed by atoms with Gasteiger partial charge in [0.05, 0.1) is 6.54 Å². The Morgan fingerprint density at radius 3 is 2.84 bits per heavy atom. The van der Waals surface area contributed by atoms with E-state index in [9.17, 15) is 4.79 Å². The Labute approximate surface area is 114 Å². The van der Waals surface area contributed by atoms with E-state index >= 15 is 0 Å². The second-order valence-corrected chi connectivity index (χ2v) is 5.04. The minimum Gasteiger partial charge on any atom is -0.444 e. The summed E-state index contributed by atoms with van der Waals surface area (Å²) in [4.78, 5) is 15.4. The van der Waals surface area contributed by atoms with Crippen molar-refractivity contribution < 1.29 is 9.53 Å². The Morgan fingerprint density at radius 1 is 1.47 bits per heavy atom. The first kappa shape index (κ1) is 15.0. The summed E-state index contributed by atoms with van der Waals surface area (Å²) in [5, 5.41) is 2.59. The molecule has 0 aliphatic carbocycles. The number of hydrogen-bond acceptors (Lipinski definition) is 3. The van der Waals surface area contributed by atoms with E-state index in [0.29, 0.717) is 0 Å². The second kappa shape index (κ2) is 6.79. The van der Waals surface area contributed by atoms with Gasteiger partial charge in [0.15, 0.2) is 0 Å². The van der Waals surface area contributed by atoms with Gasteiger partial charge in [-0.3, -0.25) is 4.98 Å². The van der Waals surface area contributed by atoms with Crippen LogP contribution in [0.4, 0.5) is 4.79 Å². The Morgan fingerprint density at radius 2 is 2.21 bits per heavy atom. The molecule has 0 spiro atoms. The second-order valence-electron chi connectivity index (χ2n) is 5.04. The highest BCUT2D eigenvalue weighted by Crippen LogP contribution is 2.06. The average molecular weight is 260 g/mol. The highest BCUT2D eigenvalue weighted by molar-refractivity contribution is 5.68. The van der Waals surface area contributed by atoms with Gasteiger partial charge in [0.25, 0.3) is 0 Å². The van der Waals surface area contributed by atoms with E-state index in [-0.39, 0.29) is 6.54 Å². The summed E-state index contributed by atoms with van der Waals surface area (Å²) in [6.45, 7) is 7.79. The molecule has 0 fully saturated rings. The van der Waals surface area contributed by atoms with Crippen LogP contribution in [-0.2, 0) is 11.2 Å². The van der Waals surface area contributed by atoms with Crippen molar-refractivity contribution in [2.75, 3.05) is 6.54 Å². The van der Waals surface area contributed by atoms with Crippen molar-refractivity contribution in [3.05, 3.63) is 29.6 Å². The Hall–Kier alpha value is -2.02. The van der Waals surface area contributed by atoms with E-state index in [1.165, 1.54) is 0 Å². The third-order valence-electron chi connectivity index (χ3n) is 2.24. The molecule has 1 aromatic heterocycles. The van der Waals surface area contributed by atoms with Crippen LogP contribution in [0.25, 0.3) is 0 Å². The van der Waals surface area contributed by atoms with E-state index in [1.54, 1.807) is 12.4 Å². The molecular weight excluding hydrogens is 240 g/mol. The lowest BCUT2D eigenvalue weighted by Crippen LogP contribution is -2.32. The zero-order valence-electron chi connectivity index (χ0n) is 11.9. The summed E-state index contributed by atoms with van der Waals surface area (Å²) >= 11 is 0. The predicted octanol–water partition coefficient (Wildman–Crippen LogP) is 2.52. The number of nitrogens with zero attached hydrogens (tertiary/aromatic N) is 1. The normalized spacial score (nSPS) is 10.3. The number of aromatic nitrogens is 1. The largest absolute Gasteiger partial charge is 0.444 e. The van der Waals surface area contributed by atoms with Crippen molar-refractivity contribution in [1.82, 2.24) is 10.3 Å². The van der Waals surface area contributed by atoms with E-state index in [1.807, 2.05) is 26.8 Å². The number of rotatable bonds is 2. The quantitative estimate of drug-likeness (QED) is 0.831. The first-order valence-electron chi connectivity index (χ1n) is 6.31. The van der Waals surface area contributed by atoms with Crippen LogP contribution >= 0.6 is 0 Å². The first-order chi connectivity index (χ1) is 8.92. The zero-order valence-corrected chi connectivity index (χ0v) is 11.9. The third kappa shape index (κ3) is 5.91. The molecule has 1 heterocycles. The van der Waals surface area contributed by atoms with Crippen molar-refractivity contribution in [2.45, 2.75) is 39.7 Å². The van der Waals surface area contributed by atoms with Gasteiger partial charge in [-0.15, -0.1) is 0 Å². The molecule has 0 saturated heterocycles. The van der Waals surface area contributed by atoms with Crippen LogP contribution in [0.3, 0.4) is 0 Å². The van der Waals surface area contributed by atoms with Crippen LogP contribution in [0.2, 0.25) is 0 Å². The van der Waals surface area contributed by atoms with E-state index in [2.05, 4.69) is 29.1 Å². The van der Waals surface area contributed by atoms with Crippen LogP contribution in [0.5, 0.6) is 0 Å². The van der Waals surface area contributed by atoms with Crippen molar-refractivity contribution in [3.8, 4) is 11.8 Å². The lowest BCUT2D eigenvalue weighted by molar-refractivity contribution is 0.0535. The van der Waals surface area contributed by atoms with E-state index in [4.69, 9.17) is 4.74 Å². The molecule has 1 rings (SSSR count). The maximum Gasteiger partial charge on any atom is 0.408 e. The van der Waals surface area contributed by atoms with Crippen LogP contribution < -0.4 is 5.32 Å². The van der Waals surface area contributed by atoms with Crippen molar-refractivity contribution in [3.63, 3.8) is 0 Å². The highest BCUT2D eigenvalue weighted by atomic mass is 16.6. The summed E-state index contributed by atoms with van der Waals surface area (Å²) in [5.74, 6) is 5.89. The van der Waals surface area contributed by atoms with Crippen molar-refractivity contribution in [1.29, 1.82) is 0 Å². The number of alkyl carbamates (subject to hydrolysis) is 1. The minimum absolute atomic E-state index is 0.257. The fourth-order valence-electron chi connectivity index (χ4n) is 1.41. The smallest absolute Gasteiger partial charge is 0.408 e. The molecule has 0 unspecified atom stereocenters. The maximum absolute atomic E-state index is 11.4. The zero-order chi connectivity index (χ0) is 14.3. The van der Waals surface area contributed by atoms with Crippen molar-refractivity contribution in [2.24, 2.45) is 0 Å². The van der Waals surface area contributed by atoms with Gasteiger partial charge in [0.2, 0.25) is 0 Å². The van der Waals surface area contributed by atoms with Gasteiger partial charge >= 0.3 is 6.09 Å². The average Bonchev–Trinajstić information content (AvgIpc) is 2.33. The number of pyridine rings is 1. The number of aryl methyl sites for hydroxylation is 1. The molecule has 0 atom stereocenters. The molecule has 1 aromatic rings. The first-order valence-corrected chi connectivity index (χ1v) is 6.31. The molecule has 1 amide bonds. The van der Waals surface area contributed by atoms with Gasteiger partial charge in [-0.1, -0.05) is 18.8 Å². The summed E-state index contributed by atoms with van der Waals surface area (Å²) < 4.78 is 5.10. The lowest BCUT2D eigenvalue weighted by atomic mass is 10.1. The molecule has 0 aromatic carbocycles. The molecule has 1 N–H and O–H groups in total. The SMILES string of the molecule is CCc1ccncc1C#CCNC(=O)OC(C)(C)C. The molecule has 19 heavy (non-hydrogen) atoms. The maximum atomic E-state index is 11.4. The molecule has 102 valence electrons. The van der Waals surface area contributed by atoms with Crippen LogP contribution in [0.15, 0.2) is 18.5 Å². The summed E-state index contributed by atoms with van der Waals surface area (Å²) in [7, 11) is 0. The Bertz CT molecular complexity index is 493. The number of amides is 1. The van der Waals surface area contributed by atoms with Gasteiger partial charge in [0.1, 0.15) is 5.60 Å². The Balaban J connectivity index is 2.50. The number of nitrogens with one attached hydrogen (secondary N) is 1. The number of carbonyl (C=O) groups is 1. The summed E-state index contributed by atoms with van der Waals surface area (Å²) in [5.41, 5.74) is 1.56. The molecule has 0 aliphatic heterocycles. The fraction of sp³-hybridized carbons (Fsp3) is 0.467. The molecule has 0 radical (unpaired) electrons. The number of hydrogen-bond donors (Lipinski definition) is 1. The molecule has 0 aliphatic rings. The predicted molar refractivity (Wildman–Crippen MR) is 74.7 cm³/mol. The van der Waals surface area contributed by atoms with E-state index in [0.717, 1.165) is 17.5 Å². The minimum atomic E-state index is -0.490. The van der Waals surface area contributed by atoms with Crippen LogP contribution in [-0.4, -0.2) is 23.2 Å². The van der Waals surface area contributed by atoms with Gasteiger partial charge in [-0.25, -0.2) is 4.79 Å². The Kier molecular flexibility index (Phi) is 5.37. The highest BCUT2D eigenvalue weighted by Gasteiger charge is 2.14. The van der Waals surface area contributed by atoms with Gasteiger partial charge < -0.3 is 10.1 Å². The summed E-state index contributed by atoms with van der Waals surface area (Å²) in [6, 6.07) is 1.95. The fourth-order valence-corrected chi connectivity index (χ4v) is 1.41. The van der Waals surface area contributed by atoms with Gasteiger partial charge in [-0.2, -0.15) is 0 Å². The lowest BCUT2D eigenvalue weighted by Gasteiger charge is -2.19. The third-order valence-corrected chi connectivity index (χ3v) is 2.24. The van der Waals surface area contributed by atoms with Crippen LogP contribution in [0, 0.1) is 11.8 Å². The monoisotopic (exact) mass is 260 g/mol. The molecule has 4 nitrogen and oxygen atoms in total. The van der Waals surface area contributed by atoms with Crippen LogP contribution in [0.1, 0.15) is 38.8 Å². The van der Waals surface area contributed by atoms with E-state index < -0.39 is 11.7 Å². The molecule has 0 saturated carbocycles. The standard InChI is InChI=1S/C15H20N2O2/c1-5-12-8-10-16-11-13(12)7-6-9-17-14(18)19-15(2,3)4/h8,10-11H,5,9H2,1-4H3,(H,17,18). The molecular formula is C15H20N2O2.